The molecule has 1 aromatic carbocycles. The number of rotatable bonds is 5. The standard InChI is InChI=1S/C22H20FN5O3/c1-12-20(13(2)31-27-12)14-10-17-15(9-16(14)23)21(18(11-25-17)28(29)30)26-22(3,4)19-7-5-6-8-24-19/h5-11H,1-4H3,(H,25,26). The number of hydrogen-bond acceptors (Lipinski definition) is 7. The third-order valence-corrected chi connectivity index (χ3v) is 5.18. The van der Waals surface area contributed by atoms with E-state index in [1.165, 1.54) is 12.3 Å². The number of fused-ring (bicyclic) bond motifs is 1. The number of anilines is 1. The Morgan fingerprint density at radius 1 is 1.19 bits per heavy atom. The first-order valence-electron chi connectivity index (χ1n) is 9.58. The van der Waals surface area contributed by atoms with Crippen molar-refractivity contribution >= 4 is 22.3 Å². The first-order chi connectivity index (χ1) is 14.7. The van der Waals surface area contributed by atoms with E-state index in [-0.39, 0.29) is 16.9 Å². The van der Waals surface area contributed by atoms with E-state index in [0.717, 1.165) is 0 Å². The maximum absolute atomic E-state index is 15.2. The fourth-order valence-corrected chi connectivity index (χ4v) is 3.64. The van der Waals surface area contributed by atoms with Gasteiger partial charge in [-0.3, -0.25) is 15.1 Å². The molecular weight excluding hydrogens is 401 g/mol. The van der Waals surface area contributed by atoms with Gasteiger partial charge in [-0.15, -0.1) is 0 Å². The van der Waals surface area contributed by atoms with Crippen molar-refractivity contribution in [2.45, 2.75) is 33.2 Å². The molecule has 4 aromatic rings. The highest BCUT2D eigenvalue weighted by atomic mass is 19.1. The number of benzene rings is 1. The van der Waals surface area contributed by atoms with Crippen LogP contribution < -0.4 is 5.32 Å². The van der Waals surface area contributed by atoms with E-state index in [1.807, 2.05) is 26.0 Å². The van der Waals surface area contributed by atoms with Gasteiger partial charge in [0.25, 0.3) is 0 Å². The molecule has 3 heterocycles. The predicted molar refractivity (Wildman–Crippen MR) is 114 cm³/mol. The second-order valence-corrected chi connectivity index (χ2v) is 7.79. The van der Waals surface area contributed by atoms with Gasteiger partial charge in [-0.2, -0.15) is 0 Å². The van der Waals surface area contributed by atoms with Gasteiger partial charge in [0.05, 0.1) is 32.9 Å². The van der Waals surface area contributed by atoms with E-state index >= 15 is 4.39 Å². The summed E-state index contributed by atoms with van der Waals surface area (Å²) in [7, 11) is 0. The van der Waals surface area contributed by atoms with Gasteiger partial charge in [-0.1, -0.05) is 11.2 Å². The van der Waals surface area contributed by atoms with Gasteiger partial charge in [0.2, 0.25) is 0 Å². The molecule has 0 amide bonds. The molecule has 3 aromatic heterocycles. The van der Waals surface area contributed by atoms with Crippen LogP contribution >= 0.6 is 0 Å². The minimum atomic E-state index is -0.767. The lowest BCUT2D eigenvalue weighted by Gasteiger charge is -2.27. The van der Waals surface area contributed by atoms with Crippen LogP contribution in [-0.2, 0) is 5.54 Å². The second-order valence-electron chi connectivity index (χ2n) is 7.79. The van der Waals surface area contributed by atoms with E-state index in [2.05, 4.69) is 20.4 Å². The Hall–Kier alpha value is -3.88. The van der Waals surface area contributed by atoms with Crippen molar-refractivity contribution in [2.75, 3.05) is 5.32 Å². The van der Waals surface area contributed by atoms with E-state index < -0.39 is 16.3 Å². The van der Waals surface area contributed by atoms with Crippen LogP contribution in [0.15, 0.2) is 47.2 Å². The summed E-state index contributed by atoms with van der Waals surface area (Å²) in [5, 5.41) is 19.1. The summed E-state index contributed by atoms with van der Waals surface area (Å²) in [6.45, 7) is 7.12. The van der Waals surface area contributed by atoms with Gasteiger partial charge in [0.1, 0.15) is 23.5 Å². The third kappa shape index (κ3) is 3.58. The molecule has 0 radical (unpaired) electrons. The van der Waals surface area contributed by atoms with Crippen molar-refractivity contribution in [1.29, 1.82) is 0 Å². The van der Waals surface area contributed by atoms with Crippen molar-refractivity contribution in [3.63, 3.8) is 0 Å². The van der Waals surface area contributed by atoms with E-state index in [1.54, 1.807) is 32.2 Å². The van der Waals surface area contributed by atoms with Gasteiger partial charge in [-0.05, 0) is 52.0 Å². The molecule has 0 unspecified atom stereocenters. The molecule has 0 aliphatic rings. The monoisotopic (exact) mass is 421 g/mol. The fraction of sp³-hybridized carbons (Fsp3) is 0.227. The van der Waals surface area contributed by atoms with Crippen molar-refractivity contribution in [3.05, 3.63) is 75.8 Å². The lowest BCUT2D eigenvalue weighted by atomic mass is 9.97. The molecule has 9 heteroatoms. The molecule has 158 valence electrons. The van der Waals surface area contributed by atoms with Gasteiger partial charge >= 0.3 is 5.69 Å². The summed E-state index contributed by atoms with van der Waals surface area (Å²) in [5.74, 6) is -0.0739. The van der Waals surface area contributed by atoms with Crippen LogP contribution in [0.5, 0.6) is 0 Å². The fourth-order valence-electron chi connectivity index (χ4n) is 3.64. The van der Waals surface area contributed by atoms with Crippen LogP contribution in [0.4, 0.5) is 15.8 Å². The van der Waals surface area contributed by atoms with Crippen LogP contribution in [0.25, 0.3) is 22.0 Å². The molecule has 0 fully saturated rings. The van der Waals surface area contributed by atoms with Crippen LogP contribution in [-0.4, -0.2) is 20.0 Å². The maximum Gasteiger partial charge on any atom is 0.311 e. The van der Waals surface area contributed by atoms with Gasteiger partial charge in [-0.25, -0.2) is 9.37 Å². The van der Waals surface area contributed by atoms with Crippen LogP contribution in [0.2, 0.25) is 0 Å². The lowest BCUT2D eigenvalue weighted by molar-refractivity contribution is -0.384. The summed E-state index contributed by atoms with van der Waals surface area (Å²) in [4.78, 5) is 19.7. The summed E-state index contributed by atoms with van der Waals surface area (Å²) in [6.07, 6.45) is 2.82. The molecule has 0 spiro atoms. The topological polar surface area (TPSA) is 107 Å². The Morgan fingerprint density at radius 3 is 2.58 bits per heavy atom. The van der Waals surface area contributed by atoms with E-state index in [0.29, 0.717) is 33.6 Å². The third-order valence-electron chi connectivity index (χ3n) is 5.18. The molecule has 0 saturated carbocycles. The zero-order valence-electron chi connectivity index (χ0n) is 17.4. The predicted octanol–water partition coefficient (Wildman–Crippen LogP) is 5.30. The van der Waals surface area contributed by atoms with Crippen molar-refractivity contribution in [2.24, 2.45) is 0 Å². The normalized spacial score (nSPS) is 11.6. The molecule has 0 aliphatic carbocycles. The Balaban J connectivity index is 1.92. The van der Waals surface area contributed by atoms with Crippen molar-refractivity contribution in [1.82, 2.24) is 15.1 Å². The highest BCUT2D eigenvalue weighted by molar-refractivity contribution is 5.98. The molecule has 0 atom stereocenters. The number of nitrogens with zero attached hydrogens (tertiary/aromatic N) is 4. The van der Waals surface area contributed by atoms with Gasteiger partial charge < -0.3 is 9.84 Å². The Kier molecular flexibility index (Phi) is 4.88. The van der Waals surface area contributed by atoms with Gasteiger partial charge in [0.15, 0.2) is 0 Å². The highest BCUT2D eigenvalue weighted by Gasteiger charge is 2.28. The Labute approximate surface area is 177 Å². The summed E-state index contributed by atoms with van der Waals surface area (Å²) >= 11 is 0. The molecule has 0 aliphatic heterocycles. The second kappa shape index (κ2) is 7.42. The number of halogens is 1. The number of nitro groups is 1. The number of pyridine rings is 2. The van der Waals surface area contributed by atoms with E-state index in [4.69, 9.17) is 4.52 Å². The Bertz CT molecular complexity index is 1280. The molecule has 0 saturated heterocycles. The smallest absolute Gasteiger partial charge is 0.311 e. The number of nitrogens with one attached hydrogen (secondary N) is 1. The largest absolute Gasteiger partial charge is 0.368 e. The summed E-state index contributed by atoms with van der Waals surface area (Å²) in [5.41, 5.74) is 1.62. The number of aromatic nitrogens is 3. The van der Waals surface area contributed by atoms with Gasteiger partial charge in [0, 0.05) is 17.1 Å². The highest BCUT2D eigenvalue weighted by Crippen LogP contribution is 2.39. The molecule has 0 bridgehead atoms. The van der Waals surface area contributed by atoms with E-state index in [9.17, 15) is 10.1 Å². The maximum atomic E-state index is 15.2. The SMILES string of the molecule is Cc1noc(C)c1-c1cc2ncc([N+](=O)[O-])c(NC(C)(C)c3ccccn3)c2cc1F. The summed E-state index contributed by atoms with van der Waals surface area (Å²) < 4.78 is 20.4. The van der Waals surface area contributed by atoms with Crippen molar-refractivity contribution < 1.29 is 13.8 Å². The zero-order chi connectivity index (χ0) is 22.3. The van der Waals surface area contributed by atoms with Crippen molar-refractivity contribution in [3.8, 4) is 11.1 Å². The summed E-state index contributed by atoms with van der Waals surface area (Å²) in [6, 6.07) is 8.25. The average Bonchev–Trinajstić information content (AvgIpc) is 3.06. The number of aryl methyl sites for hydroxylation is 2. The van der Waals surface area contributed by atoms with Crippen LogP contribution in [0.3, 0.4) is 0 Å². The Morgan fingerprint density at radius 2 is 1.97 bits per heavy atom. The average molecular weight is 421 g/mol. The minimum Gasteiger partial charge on any atom is -0.368 e. The van der Waals surface area contributed by atoms with Crippen LogP contribution in [0, 0.1) is 29.8 Å². The number of hydrogen-bond donors (Lipinski definition) is 1. The first-order valence-corrected chi connectivity index (χ1v) is 9.58. The molecule has 31 heavy (non-hydrogen) atoms. The lowest BCUT2D eigenvalue weighted by Crippen LogP contribution is -2.29. The first kappa shape index (κ1) is 20.4. The quantitative estimate of drug-likeness (QED) is 0.344. The molecule has 8 nitrogen and oxygen atoms in total. The zero-order valence-corrected chi connectivity index (χ0v) is 17.4. The molecule has 1 N–H and O–H groups in total. The van der Waals surface area contributed by atoms with Crippen LogP contribution in [0.1, 0.15) is 31.0 Å². The molecule has 4 rings (SSSR count). The minimum absolute atomic E-state index is 0.176. The molecular formula is C22H20FN5O3.